The summed E-state index contributed by atoms with van der Waals surface area (Å²) in [6.45, 7) is 8.39. The van der Waals surface area contributed by atoms with Gasteiger partial charge in [0.15, 0.2) is 0 Å². The second kappa shape index (κ2) is 5.34. The second-order valence-corrected chi connectivity index (χ2v) is 5.89. The molecule has 6 heteroatoms. The number of H-pyrrole nitrogens is 1. The number of carboxylic acid groups (broad SMARTS) is 1. The third-order valence-electron chi connectivity index (χ3n) is 2.47. The van der Waals surface area contributed by atoms with Crippen LogP contribution in [0.15, 0.2) is 6.07 Å². The Morgan fingerprint density at radius 1 is 1.42 bits per heavy atom. The minimum Gasteiger partial charge on any atom is -0.477 e. The highest BCUT2D eigenvalue weighted by molar-refractivity contribution is 5.99. The van der Waals surface area contributed by atoms with Gasteiger partial charge in [0.2, 0.25) is 0 Å². The molecule has 0 spiro atoms. The topological polar surface area (TPSA) is 85.4 Å². The van der Waals surface area contributed by atoms with Crippen molar-refractivity contribution in [2.45, 2.75) is 27.7 Å². The van der Waals surface area contributed by atoms with E-state index >= 15 is 0 Å². The molecule has 0 aromatic carbocycles. The zero-order valence-corrected chi connectivity index (χ0v) is 12.0. The number of anilines is 1. The molecule has 0 aliphatic carbocycles. The first kappa shape index (κ1) is 15.1. The highest BCUT2D eigenvalue weighted by atomic mass is 16.4. The van der Waals surface area contributed by atoms with Gasteiger partial charge < -0.3 is 20.3 Å². The number of aromatic amines is 1. The predicted molar refractivity (Wildman–Crippen MR) is 73.6 cm³/mol. The van der Waals surface area contributed by atoms with Gasteiger partial charge in [-0.15, -0.1) is 0 Å². The predicted octanol–water partition coefficient (Wildman–Crippen LogP) is 2.53. The number of urea groups is 1. The summed E-state index contributed by atoms with van der Waals surface area (Å²) in [5.41, 5.74) is 0.951. The van der Waals surface area contributed by atoms with Crippen molar-refractivity contribution in [2.24, 2.45) is 5.41 Å². The molecule has 0 saturated heterocycles. The van der Waals surface area contributed by atoms with Crippen LogP contribution in [-0.2, 0) is 0 Å². The van der Waals surface area contributed by atoms with Crippen LogP contribution in [0, 0.1) is 12.3 Å². The van der Waals surface area contributed by atoms with Gasteiger partial charge in [0.25, 0.3) is 0 Å². The van der Waals surface area contributed by atoms with Gasteiger partial charge in [0.1, 0.15) is 5.69 Å². The average molecular weight is 267 g/mol. The Morgan fingerprint density at radius 2 is 2.00 bits per heavy atom. The number of carbonyl (C=O) groups excluding carboxylic acids is 1. The molecule has 106 valence electrons. The van der Waals surface area contributed by atoms with Crippen molar-refractivity contribution in [3.8, 4) is 0 Å². The fraction of sp³-hybridized carbons (Fsp3) is 0.538. The molecule has 1 rings (SSSR count). The highest BCUT2D eigenvalue weighted by Gasteiger charge is 2.20. The molecule has 1 aromatic heterocycles. The number of hydrogen-bond donors (Lipinski definition) is 3. The van der Waals surface area contributed by atoms with Crippen LogP contribution in [0.25, 0.3) is 0 Å². The normalized spacial score (nSPS) is 11.2. The number of carboxylic acids is 1. The SMILES string of the molecule is Cc1cc(NC(=O)N(C)CC(C)(C)C)c(C(=O)O)[nH]1. The Labute approximate surface area is 112 Å². The molecule has 0 fully saturated rings. The van der Waals surface area contributed by atoms with Crippen LogP contribution < -0.4 is 5.32 Å². The fourth-order valence-corrected chi connectivity index (χ4v) is 1.85. The molecule has 0 aliphatic rings. The number of nitrogens with zero attached hydrogens (tertiary/aromatic N) is 1. The van der Waals surface area contributed by atoms with Gasteiger partial charge >= 0.3 is 12.0 Å². The Bertz CT molecular complexity index is 486. The van der Waals surface area contributed by atoms with Gasteiger partial charge in [0.05, 0.1) is 5.69 Å². The van der Waals surface area contributed by atoms with Crippen LogP contribution in [0.5, 0.6) is 0 Å². The van der Waals surface area contributed by atoms with Gasteiger partial charge in [-0.1, -0.05) is 20.8 Å². The van der Waals surface area contributed by atoms with Crippen LogP contribution in [0.3, 0.4) is 0 Å². The summed E-state index contributed by atoms with van der Waals surface area (Å²) in [7, 11) is 1.68. The molecule has 0 saturated carbocycles. The van der Waals surface area contributed by atoms with E-state index in [1.165, 1.54) is 4.90 Å². The van der Waals surface area contributed by atoms with Crippen LogP contribution in [-0.4, -0.2) is 40.6 Å². The van der Waals surface area contributed by atoms with Gasteiger partial charge in [-0.05, 0) is 18.4 Å². The summed E-state index contributed by atoms with van der Waals surface area (Å²) < 4.78 is 0. The lowest BCUT2D eigenvalue weighted by atomic mass is 9.96. The molecule has 0 bridgehead atoms. The minimum atomic E-state index is -1.10. The zero-order valence-electron chi connectivity index (χ0n) is 12.0. The smallest absolute Gasteiger partial charge is 0.354 e. The maximum absolute atomic E-state index is 12.0. The van der Waals surface area contributed by atoms with Crippen LogP contribution in [0.2, 0.25) is 0 Å². The van der Waals surface area contributed by atoms with E-state index in [4.69, 9.17) is 5.11 Å². The summed E-state index contributed by atoms with van der Waals surface area (Å²) in [5, 5.41) is 11.6. The first-order valence-corrected chi connectivity index (χ1v) is 6.05. The molecule has 0 unspecified atom stereocenters. The monoisotopic (exact) mass is 267 g/mol. The molecule has 0 atom stereocenters. The fourth-order valence-electron chi connectivity index (χ4n) is 1.85. The lowest BCUT2D eigenvalue weighted by Crippen LogP contribution is -2.37. The number of aromatic carboxylic acids is 1. The average Bonchev–Trinajstić information content (AvgIpc) is 2.56. The van der Waals surface area contributed by atoms with Crippen molar-refractivity contribution in [1.29, 1.82) is 0 Å². The molecular formula is C13H21N3O3. The highest BCUT2D eigenvalue weighted by Crippen LogP contribution is 2.19. The van der Waals surface area contributed by atoms with Crippen molar-refractivity contribution < 1.29 is 14.7 Å². The van der Waals surface area contributed by atoms with E-state index < -0.39 is 5.97 Å². The molecule has 6 nitrogen and oxygen atoms in total. The Morgan fingerprint density at radius 3 is 2.47 bits per heavy atom. The molecule has 2 amide bonds. The van der Waals surface area contributed by atoms with Gasteiger partial charge in [-0.3, -0.25) is 0 Å². The number of nitrogens with one attached hydrogen (secondary N) is 2. The maximum atomic E-state index is 12.0. The standard InChI is InChI=1S/C13H21N3O3/c1-8-6-9(10(14-8)11(17)18)15-12(19)16(5)7-13(2,3)4/h6,14H,7H2,1-5H3,(H,15,19)(H,17,18). The lowest BCUT2D eigenvalue weighted by molar-refractivity contribution is 0.0692. The Kier molecular flexibility index (Phi) is 4.24. The number of hydrogen-bond acceptors (Lipinski definition) is 2. The number of amides is 2. The molecule has 19 heavy (non-hydrogen) atoms. The van der Waals surface area contributed by atoms with E-state index in [-0.39, 0.29) is 22.8 Å². The summed E-state index contributed by atoms with van der Waals surface area (Å²) >= 11 is 0. The number of aryl methyl sites for hydroxylation is 1. The van der Waals surface area contributed by atoms with Gasteiger partial charge in [0, 0.05) is 19.3 Å². The molecule has 0 aliphatic heterocycles. The van der Waals surface area contributed by atoms with E-state index in [2.05, 4.69) is 10.3 Å². The van der Waals surface area contributed by atoms with Crippen molar-refractivity contribution in [3.63, 3.8) is 0 Å². The second-order valence-electron chi connectivity index (χ2n) is 5.89. The van der Waals surface area contributed by atoms with Crippen LogP contribution in [0.1, 0.15) is 37.0 Å². The summed E-state index contributed by atoms with van der Waals surface area (Å²) in [6, 6.07) is 1.28. The van der Waals surface area contributed by atoms with Crippen molar-refractivity contribution >= 4 is 17.7 Å². The summed E-state index contributed by atoms with van der Waals surface area (Å²) in [5.74, 6) is -1.10. The van der Waals surface area contributed by atoms with Crippen molar-refractivity contribution in [1.82, 2.24) is 9.88 Å². The summed E-state index contributed by atoms with van der Waals surface area (Å²) in [6.07, 6.45) is 0. The summed E-state index contributed by atoms with van der Waals surface area (Å²) in [4.78, 5) is 27.2. The van der Waals surface area contributed by atoms with Crippen molar-refractivity contribution in [2.75, 3.05) is 18.9 Å². The van der Waals surface area contributed by atoms with E-state index in [0.717, 1.165) is 0 Å². The van der Waals surface area contributed by atoms with E-state index in [1.807, 2.05) is 20.8 Å². The van der Waals surface area contributed by atoms with Crippen LogP contribution >= 0.6 is 0 Å². The quantitative estimate of drug-likeness (QED) is 0.786. The van der Waals surface area contributed by atoms with Crippen molar-refractivity contribution in [3.05, 3.63) is 17.5 Å². The van der Waals surface area contributed by atoms with Gasteiger partial charge in [-0.2, -0.15) is 0 Å². The van der Waals surface area contributed by atoms with Crippen LogP contribution in [0.4, 0.5) is 10.5 Å². The lowest BCUT2D eigenvalue weighted by Gasteiger charge is -2.26. The molecule has 3 N–H and O–H groups in total. The number of aromatic nitrogens is 1. The number of carbonyl (C=O) groups is 2. The zero-order chi connectivity index (χ0) is 14.8. The van der Waals surface area contributed by atoms with E-state index in [1.54, 1.807) is 20.0 Å². The minimum absolute atomic E-state index is 0.00462. The van der Waals surface area contributed by atoms with E-state index in [9.17, 15) is 9.59 Å². The van der Waals surface area contributed by atoms with E-state index in [0.29, 0.717) is 12.2 Å². The Hall–Kier alpha value is -1.98. The third-order valence-corrected chi connectivity index (χ3v) is 2.47. The molecular weight excluding hydrogens is 246 g/mol. The first-order chi connectivity index (χ1) is 8.60. The first-order valence-electron chi connectivity index (χ1n) is 6.05. The Balaban J connectivity index is 2.80. The third kappa shape index (κ3) is 4.31. The largest absolute Gasteiger partial charge is 0.477 e. The number of rotatable bonds is 3. The molecule has 1 heterocycles. The van der Waals surface area contributed by atoms with Gasteiger partial charge in [-0.25, -0.2) is 9.59 Å². The molecule has 1 aromatic rings. The maximum Gasteiger partial charge on any atom is 0.354 e. The molecule has 0 radical (unpaired) electrons.